The van der Waals surface area contributed by atoms with Crippen LogP contribution in [0.25, 0.3) is 0 Å². The quantitative estimate of drug-likeness (QED) is 0.484. The van der Waals surface area contributed by atoms with E-state index >= 15 is 0 Å². The molecule has 16 heavy (non-hydrogen) atoms. The number of nitro groups is 1. The van der Waals surface area contributed by atoms with Crippen LogP contribution in [0.2, 0.25) is 0 Å². The van der Waals surface area contributed by atoms with Crippen LogP contribution in [-0.4, -0.2) is 16.6 Å². The summed E-state index contributed by atoms with van der Waals surface area (Å²) in [6.45, 7) is 1.54. The number of carbonyl (C=O) groups excluding carboxylic acids is 2. The standard InChI is InChI=1S/C9H5BrN2O4/c1-3-5(12(15)16)2-4-7(6(3)10)11-9(14)8(4)13/h2H,1H3,(H,11,13,14). The Bertz CT molecular complexity index is 553. The first kappa shape index (κ1) is 10.7. The first-order valence-electron chi connectivity index (χ1n) is 4.26. The maximum atomic E-state index is 11.4. The van der Waals surface area contributed by atoms with E-state index in [9.17, 15) is 19.7 Å². The van der Waals surface area contributed by atoms with Crippen molar-refractivity contribution in [3.8, 4) is 0 Å². The number of hydrogen-bond donors (Lipinski definition) is 1. The molecule has 0 radical (unpaired) electrons. The van der Waals surface area contributed by atoms with Gasteiger partial charge in [-0.2, -0.15) is 0 Å². The second kappa shape index (κ2) is 3.38. The van der Waals surface area contributed by atoms with Gasteiger partial charge in [0.1, 0.15) is 0 Å². The van der Waals surface area contributed by atoms with Crippen molar-refractivity contribution in [3.63, 3.8) is 0 Å². The highest BCUT2D eigenvalue weighted by molar-refractivity contribution is 9.10. The normalized spacial score (nSPS) is 13.6. The van der Waals surface area contributed by atoms with Crippen LogP contribution in [0, 0.1) is 17.0 Å². The summed E-state index contributed by atoms with van der Waals surface area (Å²) < 4.78 is 0.371. The second-order valence-electron chi connectivity index (χ2n) is 3.30. The van der Waals surface area contributed by atoms with Crippen molar-refractivity contribution in [2.45, 2.75) is 6.92 Å². The lowest BCUT2D eigenvalue weighted by molar-refractivity contribution is -0.385. The van der Waals surface area contributed by atoms with Crippen LogP contribution in [0.4, 0.5) is 11.4 Å². The molecule has 1 aliphatic heterocycles. The van der Waals surface area contributed by atoms with E-state index in [-0.39, 0.29) is 11.3 Å². The number of nitrogens with one attached hydrogen (secondary N) is 1. The number of benzene rings is 1. The van der Waals surface area contributed by atoms with Crippen molar-refractivity contribution in [1.29, 1.82) is 0 Å². The molecule has 0 unspecified atom stereocenters. The molecule has 2 rings (SSSR count). The largest absolute Gasteiger partial charge is 0.317 e. The van der Waals surface area contributed by atoms with Gasteiger partial charge in [-0.05, 0) is 22.9 Å². The number of hydrogen-bond acceptors (Lipinski definition) is 4. The summed E-state index contributed by atoms with van der Waals surface area (Å²) in [5.41, 5.74) is 0.529. The average Bonchev–Trinajstić information content (AvgIpc) is 2.50. The molecular formula is C9H5BrN2O4. The first-order chi connectivity index (χ1) is 7.43. The third-order valence-corrected chi connectivity index (χ3v) is 3.36. The molecule has 0 saturated heterocycles. The number of fused-ring (bicyclic) bond motifs is 1. The van der Waals surface area contributed by atoms with E-state index in [1.54, 1.807) is 0 Å². The lowest BCUT2D eigenvalue weighted by atomic mass is 10.1. The van der Waals surface area contributed by atoms with Gasteiger partial charge in [0.05, 0.1) is 20.6 Å². The van der Waals surface area contributed by atoms with Gasteiger partial charge in [0.2, 0.25) is 0 Å². The lowest BCUT2D eigenvalue weighted by Gasteiger charge is -2.05. The molecule has 6 nitrogen and oxygen atoms in total. The minimum atomic E-state index is -0.768. The molecular weight excluding hydrogens is 280 g/mol. The maximum Gasteiger partial charge on any atom is 0.296 e. The fraction of sp³-hybridized carbons (Fsp3) is 0.111. The van der Waals surface area contributed by atoms with Crippen molar-refractivity contribution in [2.75, 3.05) is 5.32 Å². The van der Waals surface area contributed by atoms with Gasteiger partial charge in [-0.1, -0.05) is 0 Å². The molecule has 0 atom stereocenters. The van der Waals surface area contributed by atoms with Crippen LogP contribution in [0.15, 0.2) is 10.5 Å². The molecule has 1 aliphatic rings. The third-order valence-electron chi connectivity index (χ3n) is 2.37. The van der Waals surface area contributed by atoms with Gasteiger partial charge in [0, 0.05) is 11.6 Å². The summed E-state index contributed by atoms with van der Waals surface area (Å²) in [6, 6.07) is 1.12. The zero-order valence-corrected chi connectivity index (χ0v) is 9.62. The molecule has 0 bridgehead atoms. The Balaban J connectivity index is 2.76. The van der Waals surface area contributed by atoms with Crippen LogP contribution >= 0.6 is 15.9 Å². The molecule has 82 valence electrons. The summed E-state index contributed by atoms with van der Waals surface area (Å²) in [4.78, 5) is 32.6. The van der Waals surface area contributed by atoms with Crippen molar-refractivity contribution in [1.82, 2.24) is 0 Å². The Morgan fingerprint density at radius 3 is 2.62 bits per heavy atom. The predicted molar refractivity (Wildman–Crippen MR) is 58.5 cm³/mol. The fourth-order valence-electron chi connectivity index (χ4n) is 1.52. The first-order valence-corrected chi connectivity index (χ1v) is 5.06. The van der Waals surface area contributed by atoms with Crippen molar-refractivity contribution >= 4 is 39.0 Å². The number of halogens is 1. The topological polar surface area (TPSA) is 89.3 Å². The van der Waals surface area contributed by atoms with Crippen molar-refractivity contribution in [3.05, 3.63) is 31.8 Å². The molecule has 0 aliphatic carbocycles. The minimum absolute atomic E-state index is 0.0363. The highest BCUT2D eigenvalue weighted by atomic mass is 79.9. The molecule has 0 fully saturated rings. The Hall–Kier alpha value is -1.76. The minimum Gasteiger partial charge on any atom is -0.317 e. The number of anilines is 1. The summed E-state index contributed by atoms with van der Waals surface area (Å²) in [5.74, 6) is -1.52. The molecule has 0 spiro atoms. The molecule has 1 N–H and O–H groups in total. The summed E-state index contributed by atoms with van der Waals surface area (Å²) >= 11 is 3.13. The zero-order chi connectivity index (χ0) is 12.0. The van der Waals surface area contributed by atoms with Crippen LogP contribution in [0.1, 0.15) is 15.9 Å². The summed E-state index contributed by atoms with van der Waals surface area (Å²) in [7, 11) is 0. The molecule has 7 heteroatoms. The Morgan fingerprint density at radius 2 is 2.06 bits per heavy atom. The molecule has 1 aromatic carbocycles. The van der Waals surface area contributed by atoms with Crippen molar-refractivity contribution in [2.24, 2.45) is 0 Å². The molecule has 0 aromatic heterocycles. The molecule has 1 heterocycles. The number of nitrogens with zero attached hydrogens (tertiary/aromatic N) is 1. The van der Waals surface area contributed by atoms with Gasteiger partial charge in [0.15, 0.2) is 0 Å². The van der Waals surface area contributed by atoms with E-state index in [0.717, 1.165) is 6.07 Å². The number of nitro benzene ring substituents is 1. The van der Waals surface area contributed by atoms with Crippen LogP contribution < -0.4 is 5.32 Å². The molecule has 1 amide bonds. The van der Waals surface area contributed by atoms with E-state index in [1.807, 2.05) is 0 Å². The second-order valence-corrected chi connectivity index (χ2v) is 4.09. The average molecular weight is 285 g/mol. The maximum absolute atomic E-state index is 11.4. The number of amides is 1. The zero-order valence-electron chi connectivity index (χ0n) is 8.04. The number of ketones is 1. The van der Waals surface area contributed by atoms with E-state index in [0.29, 0.717) is 15.7 Å². The SMILES string of the molecule is Cc1c([N+](=O)[O-])cc2c(c1Br)NC(=O)C2=O. The fourth-order valence-corrected chi connectivity index (χ4v) is 2.03. The van der Waals surface area contributed by atoms with E-state index in [2.05, 4.69) is 21.2 Å². The number of carbonyl (C=O) groups is 2. The van der Waals surface area contributed by atoms with Gasteiger partial charge in [-0.15, -0.1) is 0 Å². The Kier molecular flexibility index (Phi) is 2.27. The van der Waals surface area contributed by atoms with Gasteiger partial charge in [-0.3, -0.25) is 19.7 Å². The van der Waals surface area contributed by atoms with Crippen LogP contribution in [0.5, 0.6) is 0 Å². The lowest BCUT2D eigenvalue weighted by Crippen LogP contribution is -2.12. The predicted octanol–water partition coefficient (Wildman–Crippen LogP) is 1.80. The third kappa shape index (κ3) is 1.32. The highest BCUT2D eigenvalue weighted by Gasteiger charge is 2.33. The van der Waals surface area contributed by atoms with Gasteiger partial charge < -0.3 is 5.32 Å². The van der Waals surface area contributed by atoms with E-state index < -0.39 is 16.6 Å². The Morgan fingerprint density at radius 1 is 1.44 bits per heavy atom. The van der Waals surface area contributed by atoms with E-state index in [1.165, 1.54) is 6.92 Å². The van der Waals surface area contributed by atoms with Gasteiger partial charge >= 0.3 is 0 Å². The van der Waals surface area contributed by atoms with E-state index in [4.69, 9.17) is 0 Å². The molecule has 0 saturated carbocycles. The number of Topliss-reactive ketones (excluding diaryl/α,β-unsaturated/α-hetero) is 1. The Labute approximate surface area is 97.9 Å². The monoisotopic (exact) mass is 284 g/mol. The van der Waals surface area contributed by atoms with Gasteiger partial charge in [-0.25, -0.2) is 0 Å². The smallest absolute Gasteiger partial charge is 0.296 e. The van der Waals surface area contributed by atoms with Crippen LogP contribution in [0.3, 0.4) is 0 Å². The van der Waals surface area contributed by atoms with Gasteiger partial charge in [0.25, 0.3) is 17.4 Å². The summed E-state index contributed by atoms with van der Waals surface area (Å²) in [5, 5.41) is 13.1. The van der Waals surface area contributed by atoms with Crippen LogP contribution in [-0.2, 0) is 4.79 Å². The highest BCUT2D eigenvalue weighted by Crippen LogP contribution is 2.38. The van der Waals surface area contributed by atoms with Crippen molar-refractivity contribution < 1.29 is 14.5 Å². The molecule has 1 aromatic rings. The summed E-state index contributed by atoms with van der Waals surface area (Å²) in [6.07, 6.45) is 0. The number of rotatable bonds is 1.